The van der Waals surface area contributed by atoms with Gasteiger partial charge in [0.2, 0.25) is 5.91 Å². The zero-order chi connectivity index (χ0) is 21.1. The maximum Gasteiger partial charge on any atom is 0.328 e. The highest BCUT2D eigenvalue weighted by Gasteiger charge is 2.21. The predicted molar refractivity (Wildman–Crippen MR) is 100 cm³/mol. The third-order valence-corrected chi connectivity index (χ3v) is 3.48. The summed E-state index contributed by atoms with van der Waals surface area (Å²) >= 11 is 0. The van der Waals surface area contributed by atoms with Crippen LogP contribution in [-0.2, 0) is 9.59 Å². The van der Waals surface area contributed by atoms with Crippen LogP contribution in [0.5, 0.6) is 11.5 Å². The second-order valence-corrected chi connectivity index (χ2v) is 5.79. The molecule has 0 unspecified atom stereocenters. The van der Waals surface area contributed by atoms with Gasteiger partial charge in [-0.15, -0.1) is 0 Å². The first-order valence-corrected chi connectivity index (χ1v) is 8.58. The van der Waals surface area contributed by atoms with Crippen molar-refractivity contribution in [3.8, 4) is 11.5 Å². The van der Waals surface area contributed by atoms with E-state index in [1.807, 2.05) is 0 Å². The fraction of sp³-hybridized carbons (Fsp3) is 0.412. The Morgan fingerprint density at radius 3 is 2.57 bits per heavy atom. The van der Waals surface area contributed by atoms with Crippen molar-refractivity contribution in [1.29, 1.82) is 5.41 Å². The fourth-order valence-corrected chi connectivity index (χ4v) is 2.13. The first-order valence-electron chi connectivity index (χ1n) is 8.58. The van der Waals surface area contributed by atoms with Gasteiger partial charge in [0.1, 0.15) is 24.1 Å². The van der Waals surface area contributed by atoms with Crippen LogP contribution in [0.1, 0.15) is 30.1 Å². The van der Waals surface area contributed by atoms with Gasteiger partial charge >= 0.3 is 5.97 Å². The van der Waals surface area contributed by atoms with Crippen molar-refractivity contribution in [2.24, 2.45) is 5.73 Å². The topological polar surface area (TPSA) is 187 Å². The zero-order valence-electron chi connectivity index (χ0n) is 15.4. The van der Waals surface area contributed by atoms with E-state index in [-0.39, 0.29) is 36.8 Å². The van der Waals surface area contributed by atoms with Crippen LogP contribution in [0.15, 0.2) is 18.2 Å². The SMILES string of the molecule is CCCC(=O)N[C@@H](CNC(=O)c1ccc(OCCNC(=N)N)cc1O)C(=O)O. The number of ether oxygens (including phenoxy) is 1. The Morgan fingerprint density at radius 2 is 2.00 bits per heavy atom. The maximum atomic E-state index is 12.2. The summed E-state index contributed by atoms with van der Waals surface area (Å²) in [6, 6.07) is 2.74. The van der Waals surface area contributed by atoms with E-state index in [1.54, 1.807) is 6.92 Å². The number of aromatic hydroxyl groups is 1. The number of phenolic OH excluding ortho intramolecular Hbond substituents is 1. The van der Waals surface area contributed by atoms with Gasteiger partial charge in [-0.05, 0) is 18.6 Å². The molecular formula is C17H25N5O6. The molecule has 0 spiro atoms. The number of rotatable bonds is 11. The van der Waals surface area contributed by atoms with Crippen molar-refractivity contribution in [1.82, 2.24) is 16.0 Å². The number of phenols is 1. The molecule has 0 fully saturated rings. The van der Waals surface area contributed by atoms with E-state index in [9.17, 15) is 19.5 Å². The van der Waals surface area contributed by atoms with Crippen LogP contribution in [0, 0.1) is 5.41 Å². The Labute approximate surface area is 161 Å². The molecule has 0 saturated heterocycles. The lowest BCUT2D eigenvalue weighted by atomic mass is 10.1. The van der Waals surface area contributed by atoms with E-state index in [0.717, 1.165) is 0 Å². The molecule has 11 nitrogen and oxygen atoms in total. The summed E-state index contributed by atoms with van der Waals surface area (Å²) in [6.07, 6.45) is 0.750. The van der Waals surface area contributed by atoms with Crippen LogP contribution in [-0.4, -0.2) is 59.7 Å². The highest BCUT2D eigenvalue weighted by molar-refractivity contribution is 5.97. The Hall–Kier alpha value is -3.50. The first kappa shape index (κ1) is 22.5. The minimum Gasteiger partial charge on any atom is -0.507 e. The van der Waals surface area contributed by atoms with Gasteiger partial charge in [0, 0.05) is 19.0 Å². The van der Waals surface area contributed by atoms with Crippen LogP contribution in [0.25, 0.3) is 0 Å². The largest absolute Gasteiger partial charge is 0.507 e. The van der Waals surface area contributed by atoms with E-state index in [2.05, 4.69) is 16.0 Å². The van der Waals surface area contributed by atoms with Crippen LogP contribution < -0.4 is 26.4 Å². The molecule has 1 atom stereocenters. The molecule has 0 bridgehead atoms. The second-order valence-electron chi connectivity index (χ2n) is 5.79. The number of hydrogen-bond donors (Lipinski definition) is 7. The number of carboxylic acid groups (broad SMARTS) is 1. The normalized spacial score (nSPS) is 11.2. The lowest BCUT2D eigenvalue weighted by Gasteiger charge is -2.15. The molecule has 0 saturated carbocycles. The average molecular weight is 395 g/mol. The third-order valence-electron chi connectivity index (χ3n) is 3.48. The quantitative estimate of drug-likeness (QED) is 0.146. The molecule has 0 aliphatic carbocycles. The third kappa shape index (κ3) is 7.81. The van der Waals surface area contributed by atoms with E-state index in [4.69, 9.17) is 21.0 Å². The Morgan fingerprint density at radius 1 is 1.29 bits per heavy atom. The number of carbonyl (C=O) groups excluding carboxylic acids is 2. The van der Waals surface area contributed by atoms with Crippen molar-refractivity contribution in [2.75, 3.05) is 19.7 Å². The Bertz CT molecular complexity index is 724. The molecule has 2 amide bonds. The summed E-state index contributed by atoms with van der Waals surface area (Å²) in [5.41, 5.74) is 5.06. The summed E-state index contributed by atoms with van der Waals surface area (Å²) in [6.45, 7) is 1.92. The van der Waals surface area contributed by atoms with E-state index in [1.165, 1.54) is 18.2 Å². The molecule has 154 valence electrons. The molecule has 1 rings (SSSR count). The van der Waals surface area contributed by atoms with Gasteiger partial charge < -0.3 is 36.6 Å². The van der Waals surface area contributed by atoms with Crippen LogP contribution in [0.3, 0.4) is 0 Å². The van der Waals surface area contributed by atoms with Crippen molar-refractivity contribution in [3.63, 3.8) is 0 Å². The number of carboxylic acids is 1. The zero-order valence-corrected chi connectivity index (χ0v) is 15.4. The Kier molecular flexibility index (Phi) is 9.07. The number of nitrogens with two attached hydrogens (primary N) is 1. The van der Waals surface area contributed by atoms with E-state index >= 15 is 0 Å². The number of hydrogen-bond acceptors (Lipinski definition) is 6. The number of benzene rings is 1. The second kappa shape index (κ2) is 11.3. The number of aliphatic carboxylic acids is 1. The minimum absolute atomic E-state index is 0.0711. The lowest BCUT2D eigenvalue weighted by Crippen LogP contribution is -2.48. The van der Waals surface area contributed by atoms with E-state index < -0.39 is 23.8 Å². The molecule has 0 aromatic heterocycles. The Balaban J connectivity index is 2.61. The molecule has 0 heterocycles. The molecule has 0 aliphatic rings. The number of carbonyl (C=O) groups is 3. The van der Waals surface area contributed by atoms with Crippen molar-refractivity contribution < 1.29 is 29.3 Å². The molecule has 11 heteroatoms. The molecule has 0 aliphatic heterocycles. The molecule has 28 heavy (non-hydrogen) atoms. The molecule has 1 aromatic rings. The fourth-order valence-electron chi connectivity index (χ4n) is 2.13. The molecule has 0 radical (unpaired) electrons. The average Bonchev–Trinajstić information content (AvgIpc) is 2.62. The molecular weight excluding hydrogens is 370 g/mol. The van der Waals surface area contributed by atoms with Gasteiger partial charge in [-0.1, -0.05) is 6.92 Å². The van der Waals surface area contributed by atoms with Gasteiger partial charge in [0.25, 0.3) is 5.91 Å². The van der Waals surface area contributed by atoms with Gasteiger partial charge in [-0.25, -0.2) is 4.79 Å². The maximum absolute atomic E-state index is 12.2. The van der Waals surface area contributed by atoms with Crippen molar-refractivity contribution >= 4 is 23.7 Å². The summed E-state index contributed by atoms with van der Waals surface area (Å²) in [4.78, 5) is 34.9. The molecule has 1 aromatic carbocycles. The lowest BCUT2D eigenvalue weighted by molar-refractivity contribution is -0.141. The summed E-state index contributed by atoms with van der Waals surface area (Å²) in [7, 11) is 0. The number of guanidine groups is 1. The van der Waals surface area contributed by atoms with Crippen LogP contribution >= 0.6 is 0 Å². The molecule has 8 N–H and O–H groups in total. The highest BCUT2D eigenvalue weighted by atomic mass is 16.5. The first-order chi connectivity index (χ1) is 13.2. The van der Waals surface area contributed by atoms with E-state index in [0.29, 0.717) is 18.7 Å². The monoisotopic (exact) mass is 395 g/mol. The predicted octanol–water partition coefficient (Wildman–Crippen LogP) is -0.647. The van der Waals surface area contributed by atoms with Gasteiger partial charge in [-0.3, -0.25) is 15.0 Å². The summed E-state index contributed by atoms with van der Waals surface area (Å²) in [5, 5.41) is 33.4. The minimum atomic E-state index is -1.28. The van der Waals surface area contributed by atoms with Crippen molar-refractivity contribution in [3.05, 3.63) is 23.8 Å². The number of nitrogens with one attached hydrogen (secondary N) is 4. The highest BCUT2D eigenvalue weighted by Crippen LogP contribution is 2.23. The number of amides is 2. The smallest absolute Gasteiger partial charge is 0.328 e. The van der Waals surface area contributed by atoms with Crippen LogP contribution in [0.4, 0.5) is 0 Å². The standard InChI is InChI=1S/C17H25N5O6/c1-2-3-14(24)22-12(16(26)27)9-21-15(25)11-5-4-10(8-13(11)23)28-7-6-20-17(18)19/h4-5,8,12,23H,2-3,6-7,9H2,1H3,(H,21,25)(H,22,24)(H,26,27)(H4,18,19,20)/t12-/m0/s1. The van der Waals surface area contributed by atoms with Gasteiger partial charge in [-0.2, -0.15) is 0 Å². The van der Waals surface area contributed by atoms with Crippen molar-refractivity contribution in [2.45, 2.75) is 25.8 Å². The van der Waals surface area contributed by atoms with Gasteiger partial charge in [0.05, 0.1) is 12.1 Å². The summed E-state index contributed by atoms with van der Waals surface area (Å²) < 4.78 is 5.34. The summed E-state index contributed by atoms with van der Waals surface area (Å²) in [5.74, 6) is -2.64. The van der Waals surface area contributed by atoms with Crippen LogP contribution in [0.2, 0.25) is 0 Å². The van der Waals surface area contributed by atoms with Gasteiger partial charge in [0.15, 0.2) is 5.96 Å².